The molecular weight excluding hydrogens is 631 g/mol. The van der Waals surface area contributed by atoms with Gasteiger partial charge in [0.25, 0.3) is 0 Å². The van der Waals surface area contributed by atoms with Crippen LogP contribution < -0.4 is 20.1 Å². The van der Waals surface area contributed by atoms with E-state index in [-0.39, 0.29) is 53.9 Å². The molecule has 1 aliphatic heterocycles. The molecule has 5 rings (SSSR count). The van der Waals surface area contributed by atoms with Gasteiger partial charge in [0, 0.05) is 35.5 Å². The molecule has 0 bridgehead atoms. The van der Waals surface area contributed by atoms with E-state index in [4.69, 9.17) is 21.1 Å². The number of nitriles is 1. The van der Waals surface area contributed by atoms with Crippen LogP contribution in [0.2, 0.25) is 5.02 Å². The molecule has 228 valence electrons. The summed E-state index contributed by atoms with van der Waals surface area (Å²) in [4.78, 5) is 17.3. The fraction of sp³-hybridized carbons (Fsp3) is 0.233. The summed E-state index contributed by atoms with van der Waals surface area (Å²) >= 11 is 6.48. The van der Waals surface area contributed by atoms with Crippen molar-refractivity contribution in [2.75, 3.05) is 23.0 Å². The molecule has 10 nitrogen and oxygen atoms in total. The average molecular weight is 657 g/mol. The largest absolute Gasteiger partial charge is 0.492 e. The van der Waals surface area contributed by atoms with E-state index < -0.39 is 29.9 Å². The molecule has 4 aromatic rings. The first kappa shape index (κ1) is 31.2. The van der Waals surface area contributed by atoms with Gasteiger partial charge in [-0.05, 0) is 55.3 Å². The zero-order chi connectivity index (χ0) is 31.4. The lowest BCUT2D eigenvalue weighted by molar-refractivity contribution is -0.116. The van der Waals surface area contributed by atoms with Crippen LogP contribution in [0.5, 0.6) is 11.5 Å². The predicted molar refractivity (Wildman–Crippen MR) is 167 cm³/mol. The number of hydrogen-bond donors (Lipinski definition) is 2. The molecule has 0 spiro atoms. The van der Waals surface area contributed by atoms with Gasteiger partial charge in [-0.15, -0.1) is 0 Å². The van der Waals surface area contributed by atoms with Crippen LogP contribution in [0.1, 0.15) is 30.9 Å². The lowest BCUT2D eigenvalue weighted by atomic mass is 10.1. The third-order valence-corrected chi connectivity index (χ3v) is 12.3. The molecule has 0 radical (unpaired) electrons. The molecule has 1 aromatic heterocycles. The highest BCUT2D eigenvalue weighted by Gasteiger charge is 2.39. The molecule has 44 heavy (non-hydrogen) atoms. The number of carbonyl (C=O) groups is 1. The van der Waals surface area contributed by atoms with Gasteiger partial charge in [-0.3, -0.25) is 9.78 Å². The number of hydrogen-bond acceptors (Lipinski definition) is 9. The Bertz CT molecular complexity index is 1930. The van der Waals surface area contributed by atoms with Crippen molar-refractivity contribution in [2.24, 2.45) is 0 Å². The first-order chi connectivity index (χ1) is 21.1. The van der Waals surface area contributed by atoms with Crippen molar-refractivity contribution < 1.29 is 31.3 Å². The number of nitrogens with one attached hydrogen (secondary N) is 2. The molecule has 2 heterocycles. The highest BCUT2D eigenvalue weighted by Crippen LogP contribution is 2.38. The Labute approximate surface area is 259 Å². The first-order valence-corrected chi connectivity index (χ1v) is 17.2. The summed E-state index contributed by atoms with van der Waals surface area (Å²) < 4.78 is 61.4. The lowest BCUT2D eigenvalue weighted by Gasteiger charge is -2.17. The van der Waals surface area contributed by atoms with Crippen LogP contribution in [0.3, 0.4) is 0 Å². The van der Waals surface area contributed by atoms with E-state index in [1.54, 1.807) is 49.4 Å². The van der Waals surface area contributed by atoms with Crippen molar-refractivity contribution in [3.8, 4) is 17.6 Å². The zero-order valence-electron chi connectivity index (χ0n) is 23.3. The van der Waals surface area contributed by atoms with E-state index in [1.165, 1.54) is 18.3 Å². The van der Waals surface area contributed by atoms with Gasteiger partial charge in [-0.25, -0.2) is 17.0 Å². The summed E-state index contributed by atoms with van der Waals surface area (Å²) in [5.74, 6) is -0.275. The number of pyridine rings is 1. The maximum Gasteiger partial charge on any atom is 0.232 e. The molecule has 0 aliphatic carbocycles. The number of amides is 1. The number of rotatable bonds is 10. The highest BCUT2D eigenvalue weighted by atomic mass is 35.5. The van der Waals surface area contributed by atoms with Gasteiger partial charge in [0.15, 0.2) is 0 Å². The third-order valence-electron chi connectivity index (χ3n) is 6.84. The van der Waals surface area contributed by atoms with Gasteiger partial charge in [0.1, 0.15) is 39.8 Å². The van der Waals surface area contributed by atoms with Crippen molar-refractivity contribution in [2.45, 2.75) is 31.6 Å². The van der Waals surface area contributed by atoms with Crippen molar-refractivity contribution in [1.82, 2.24) is 4.98 Å². The summed E-state index contributed by atoms with van der Waals surface area (Å²) in [7, 11) is -5.90. The monoisotopic (exact) mass is 656 g/mol. The van der Waals surface area contributed by atoms with Gasteiger partial charge >= 0.3 is 0 Å². The third kappa shape index (κ3) is 6.77. The van der Waals surface area contributed by atoms with Crippen LogP contribution in [-0.2, 0) is 30.1 Å². The van der Waals surface area contributed by atoms with Crippen LogP contribution in [0.4, 0.5) is 21.5 Å². The maximum atomic E-state index is 13.5. The Morgan fingerprint density at radius 2 is 2.00 bits per heavy atom. The predicted octanol–water partition coefficient (Wildman–Crippen LogP) is 5.80. The highest BCUT2D eigenvalue weighted by molar-refractivity contribution is 8.64. The van der Waals surface area contributed by atoms with Crippen molar-refractivity contribution in [1.29, 1.82) is 5.26 Å². The molecular formula is C30H26ClFN4O6S2. The number of aromatic nitrogens is 1. The van der Waals surface area contributed by atoms with Gasteiger partial charge in [0.05, 0.1) is 39.3 Å². The number of benzene rings is 3. The van der Waals surface area contributed by atoms with E-state index in [2.05, 4.69) is 21.7 Å². The minimum Gasteiger partial charge on any atom is -0.492 e. The van der Waals surface area contributed by atoms with Crippen LogP contribution in [-0.4, -0.2) is 41.1 Å². The number of ether oxygens (including phenoxy) is 2. The molecule has 0 saturated carbocycles. The normalized spacial score (nSPS) is 17.1. The fourth-order valence-corrected chi connectivity index (χ4v) is 9.24. The van der Waals surface area contributed by atoms with Crippen molar-refractivity contribution in [3.63, 3.8) is 0 Å². The van der Waals surface area contributed by atoms with Crippen LogP contribution >= 0.6 is 11.6 Å². The number of fused-ring (bicyclic) bond motifs is 1. The lowest BCUT2D eigenvalue weighted by Crippen LogP contribution is -2.24. The molecule has 1 amide bonds. The molecule has 2 unspecified atom stereocenters. The number of halogens is 2. The zero-order valence-corrected chi connectivity index (χ0v) is 25.7. The second kappa shape index (κ2) is 13.2. The van der Waals surface area contributed by atoms with E-state index in [1.807, 2.05) is 0 Å². The van der Waals surface area contributed by atoms with Gasteiger partial charge in [0.2, 0.25) is 14.8 Å². The Morgan fingerprint density at radius 1 is 1.18 bits per heavy atom. The topological polar surface area (TPSA) is 147 Å². The fourth-order valence-electron chi connectivity index (χ4n) is 4.69. The minimum absolute atomic E-state index is 0.00220. The summed E-state index contributed by atoms with van der Waals surface area (Å²) in [6.07, 6.45) is 1.19. The smallest absolute Gasteiger partial charge is 0.232 e. The Balaban J connectivity index is 1.43. The van der Waals surface area contributed by atoms with E-state index in [9.17, 15) is 27.1 Å². The van der Waals surface area contributed by atoms with E-state index >= 15 is 0 Å². The number of anilines is 3. The molecule has 14 heteroatoms. The van der Waals surface area contributed by atoms with E-state index in [0.29, 0.717) is 39.3 Å². The molecule has 2 N–H and O–H groups in total. The molecule has 1 saturated heterocycles. The van der Waals surface area contributed by atoms with E-state index in [0.717, 1.165) is 0 Å². The van der Waals surface area contributed by atoms with Crippen LogP contribution in [0, 0.1) is 17.1 Å². The standard InChI is InChI=1S/C30H26ClFN4O6S2/c1-2-41-28-14-25-23(13-26(28)36-29(37)12-22-8-9-43(38)44(22,39)40)30(19(15-33)16-34-25)35-21-6-7-27(24(31)11-21)42-17-18-4-3-5-20(32)10-18/h3-7,10-11,13-14,16,22H,2,8-9,12,17H2,1H3,(H,34,35)(H,36,37). The summed E-state index contributed by atoms with van der Waals surface area (Å²) in [6.45, 7) is 2.15. The van der Waals surface area contributed by atoms with Crippen molar-refractivity contribution >= 4 is 64.2 Å². The van der Waals surface area contributed by atoms with Crippen LogP contribution in [0.15, 0.2) is 60.8 Å². The molecule has 2 atom stereocenters. The Morgan fingerprint density at radius 3 is 2.68 bits per heavy atom. The second-order valence-corrected chi connectivity index (χ2v) is 15.4. The average Bonchev–Trinajstić information content (AvgIpc) is 3.24. The molecule has 3 aromatic carbocycles. The number of nitrogens with zero attached hydrogens (tertiary/aromatic N) is 2. The van der Waals surface area contributed by atoms with Gasteiger partial charge in [-0.2, -0.15) is 5.26 Å². The minimum atomic E-state index is -3.90. The first-order valence-electron chi connectivity index (χ1n) is 13.4. The summed E-state index contributed by atoms with van der Waals surface area (Å²) in [6, 6.07) is 16.3. The number of carbonyl (C=O) groups excluding carboxylic acids is 1. The quantitative estimate of drug-likeness (QED) is 0.202. The summed E-state index contributed by atoms with van der Waals surface area (Å²) in [5.41, 5.74) is 2.47. The Hall–Kier alpha value is -4.25. The van der Waals surface area contributed by atoms with Gasteiger partial charge < -0.3 is 20.1 Å². The molecule has 1 fully saturated rings. The SMILES string of the molecule is CCOc1cc2ncc(C#N)c(Nc3ccc(OCc4cccc(F)c4)c(Cl)c3)c2cc1NC(=O)CC1CCS(=O)S1(=O)=O. The van der Waals surface area contributed by atoms with Crippen molar-refractivity contribution in [3.05, 3.63) is 82.8 Å². The molecule has 1 aliphatic rings. The maximum absolute atomic E-state index is 13.5. The Kier molecular flexibility index (Phi) is 9.33. The summed E-state index contributed by atoms with van der Waals surface area (Å²) in [5, 5.41) is 15.5. The van der Waals surface area contributed by atoms with Gasteiger partial charge in [-0.1, -0.05) is 23.7 Å². The van der Waals surface area contributed by atoms with Crippen LogP contribution in [0.25, 0.3) is 10.9 Å². The second-order valence-electron chi connectivity index (χ2n) is 9.81.